The Labute approximate surface area is 135 Å². The van der Waals surface area contributed by atoms with Crippen LogP contribution in [0, 0.1) is 11.8 Å². The molecule has 0 unspecified atom stereocenters. The first kappa shape index (κ1) is 15.6. The summed E-state index contributed by atoms with van der Waals surface area (Å²) in [4.78, 5) is 27.2. The van der Waals surface area contributed by atoms with Crippen molar-refractivity contribution in [2.45, 2.75) is 32.9 Å². The molecule has 0 amide bonds. The van der Waals surface area contributed by atoms with Crippen LogP contribution in [0.3, 0.4) is 0 Å². The predicted molar refractivity (Wildman–Crippen MR) is 91.6 cm³/mol. The van der Waals surface area contributed by atoms with Crippen LogP contribution in [0.5, 0.6) is 0 Å². The third-order valence-electron chi connectivity index (χ3n) is 4.31. The minimum absolute atomic E-state index is 0.227. The normalized spacial score (nSPS) is 14.8. The average Bonchev–Trinajstić information content (AvgIpc) is 3.08. The molecular formula is C18H21N3O2. The maximum atomic E-state index is 12.5. The lowest BCUT2D eigenvalue weighted by molar-refractivity contribution is 0.383. The van der Waals surface area contributed by atoms with Crippen LogP contribution in [0.25, 0.3) is 10.9 Å². The molecule has 0 N–H and O–H groups in total. The van der Waals surface area contributed by atoms with E-state index in [9.17, 15) is 9.59 Å². The first-order valence-electron chi connectivity index (χ1n) is 8.13. The van der Waals surface area contributed by atoms with Gasteiger partial charge in [-0.3, -0.25) is 18.8 Å². The molecule has 3 rings (SSSR count). The molecule has 1 fully saturated rings. The predicted octanol–water partition coefficient (Wildman–Crippen LogP) is 1.28. The minimum atomic E-state index is -0.285. The quantitative estimate of drug-likeness (QED) is 0.802. The van der Waals surface area contributed by atoms with Crippen molar-refractivity contribution in [1.29, 1.82) is 0 Å². The van der Waals surface area contributed by atoms with Gasteiger partial charge in [0.05, 0.1) is 24.0 Å². The molecular weight excluding hydrogens is 290 g/mol. The van der Waals surface area contributed by atoms with Gasteiger partial charge in [-0.15, -0.1) is 0 Å². The van der Waals surface area contributed by atoms with Gasteiger partial charge in [-0.25, -0.2) is 4.79 Å². The number of hydrogen-bond acceptors (Lipinski definition) is 3. The number of para-hydroxylation sites is 1. The van der Waals surface area contributed by atoms with Gasteiger partial charge in [-0.2, -0.15) is 0 Å². The van der Waals surface area contributed by atoms with E-state index in [4.69, 9.17) is 0 Å². The number of aromatic nitrogens is 2. The summed E-state index contributed by atoms with van der Waals surface area (Å²) in [5.74, 6) is 6.24. The molecule has 0 radical (unpaired) electrons. The number of fused-ring (bicyclic) bond motifs is 1. The maximum absolute atomic E-state index is 12.5. The van der Waals surface area contributed by atoms with Gasteiger partial charge in [0, 0.05) is 6.54 Å². The first-order chi connectivity index (χ1) is 11.2. The molecule has 0 spiro atoms. The Morgan fingerprint density at radius 3 is 2.43 bits per heavy atom. The van der Waals surface area contributed by atoms with Crippen LogP contribution >= 0.6 is 0 Å². The van der Waals surface area contributed by atoms with Gasteiger partial charge in [0.1, 0.15) is 0 Å². The summed E-state index contributed by atoms with van der Waals surface area (Å²) in [7, 11) is 0. The zero-order chi connectivity index (χ0) is 16.2. The smallest absolute Gasteiger partial charge is 0.292 e. The average molecular weight is 311 g/mol. The molecule has 23 heavy (non-hydrogen) atoms. The lowest BCUT2D eigenvalue weighted by atomic mass is 10.2. The van der Waals surface area contributed by atoms with Gasteiger partial charge >= 0.3 is 5.69 Å². The van der Waals surface area contributed by atoms with Crippen LogP contribution in [0.2, 0.25) is 0 Å². The molecule has 120 valence electrons. The van der Waals surface area contributed by atoms with Crippen molar-refractivity contribution in [2.24, 2.45) is 0 Å². The number of hydrogen-bond donors (Lipinski definition) is 0. The molecule has 5 nitrogen and oxygen atoms in total. The number of nitrogens with zero attached hydrogens (tertiary/aromatic N) is 3. The molecule has 2 heterocycles. The molecule has 1 aliphatic heterocycles. The largest absolute Gasteiger partial charge is 0.332 e. The van der Waals surface area contributed by atoms with Crippen LogP contribution in [0.15, 0.2) is 33.9 Å². The van der Waals surface area contributed by atoms with Crippen molar-refractivity contribution in [3.63, 3.8) is 0 Å². The van der Waals surface area contributed by atoms with E-state index in [0.717, 1.165) is 19.6 Å². The fraction of sp³-hybridized carbons (Fsp3) is 0.444. The van der Waals surface area contributed by atoms with Gasteiger partial charge in [0.15, 0.2) is 0 Å². The number of rotatable bonds is 3. The third kappa shape index (κ3) is 3.08. The second kappa shape index (κ2) is 6.84. The summed E-state index contributed by atoms with van der Waals surface area (Å²) in [6, 6.07) is 7.22. The highest BCUT2D eigenvalue weighted by Crippen LogP contribution is 2.07. The van der Waals surface area contributed by atoms with Gasteiger partial charge in [-0.1, -0.05) is 24.0 Å². The fourth-order valence-corrected chi connectivity index (χ4v) is 3.05. The third-order valence-corrected chi connectivity index (χ3v) is 4.31. The van der Waals surface area contributed by atoms with Crippen molar-refractivity contribution >= 4 is 10.9 Å². The first-order valence-corrected chi connectivity index (χ1v) is 8.13. The summed E-state index contributed by atoms with van der Waals surface area (Å²) in [5.41, 5.74) is 0.142. The van der Waals surface area contributed by atoms with E-state index in [1.165, 1.54) is 17.4 Å². The molecule has 0 aliphatic carbocycles. The Bertz CT molecular complexity index is 877. The van der Waals surface area contributed by atoms with Crippen molar-refractivity contribution in [3.8, 4) is 11.8 Å². The standard InChI is InChI=1S/C18H21N3O2/c1-2-20-17(22)15-9-3-4-10-16(15)21(18(20)23)14-8-7-13-19-11-5-6-12-19/h3-4,9-10H,2,5-6,11-14H2,1H3. The molecule has 2 aromatic rings. The number of benzene rings is 1. The summed E-state index contributed by atoms with van der Waals surface area (Å²) in [5, 5.41) is 0.565. The van der Waals surface area contributed by atoms with Crippen LogP contribution in [0.4, 0.5) is 0 Å². The molecule has 0 saturated carbocycles. The van der Waals surface area contributed by atoms with Crippen LogP contribution in [0.1, 0.15) is 19.8 Å². The Kier molecular flexibility index (Phi) is 4.63. The zero-order valence-corrected chi connectivity index (χ0v) is 13.4. The lowest BCUT2D eigenvalue weighted by Crippen LogP contribution is -2.39. The Hall–Kier alpha value is -2.32. The summed E-state index contributed by atoms with van der Waals surface area (Å²) in [6.07, 6.45) is 2.49. The summed E-state index contributed by atoms with van der Waals surface area (Å²) < 4.78 is 2.86. The second-order valence-electron chi connectivity index (χ2n) is 5.77. The highest BCUT2D eigenvalue weighted by atomic mass is 16.2. The topological polar surface area (TPSA) is 47.2 Å². The highest BCUT2D eigenvalue weighted by molar-refractivity contribution is 5.77. The van der Waals surface area contributed by atoms with E-state index in [1.54, 1.807) is 23.6 Å². The lowest BCUT2D eigenvalue weighted by Gasteiger charge is -2.11. The van der Waals surface area contributed by atoms with Crippen molar-refractivity contribution in [2.75, 3.05) is 19.6 Å². The maximum Gasteiger partial charge on any atom is 0.332 e. The van der Waals surface area contributed by atoms with Crippen LogP contribution in [-0.4, -0.2) is 33.7 Å². The van der Waals surface area contributed by atoms with E-state index in [2.05, 4.69) is 16.7 Å². The molecule has 1 aliphatic rings. The molecule has 5 heteroatoms. The molecule has 1 saturated heterocycles. The Morgan fingerprint density at radius 1 is 1.00 bits per heavy atom. The van der Waals surface area contributed by atoms with Gasteiger partial charge in [0.25, 0.3) is 5.56 Å². The monoisotopic (exact) mass is 311 g/mol. The van der Waals surface area contributed by atoms with Gasteiger partial charge in [0.2, 0.25) is 0 Å². The van der Waals surface area contributed by atoms with Crippen LogP contribution < -0.4 is 11.2 Å². The molecule has 0 bridgehead atoms. The number of likely N-dealkylation sites (tertiary alicyclic amines) is 1. The molecule has 0 atom stereocenters. The van der Waals surface area contributed by atoms with Gasteiger partial charge in [-0.05, 0) is 45.0 Å². The molecule has 1 aromatic heterocycles. The van der Waals surface area contributed by atoms with E-state index >= 15 is 0 Å². The Morgan fingerprint density at radius 2 is 1.70 bits per heavy atom. The van der Waals surface area contributed by atoms with Crippen molar-refractivity contribution < 1.29 is 0 Å². The summed E-state index contributed by atoms with van der Waals surface area (Å²) >= 11 is 0. The van der Waals surface area contributed by atoms with Crippen molar-refractivity contribution in [1.82, 2.24) is 14.0 Å². The van der Waals surface area contributed by atoms with Crippen LogP contribution in [-0.2, 0) is 13.1 Å². The highest BCUT2D eigenvalue weighted by Gasteiger charge is 2.11. The Balaban J connectivity index is 1.95. The SMILES string of the molecule is CCn1c(=O)c2ccccc2n(CC#CCN2CCCC2)c1=O. The fourth-order valence-electron chi connectivity index (χ4n) is 3.05. The van der Waals surface area contributed by atoms with Gasteiger partial charge < -0.3 is 0 Å². The van der Waals surface area contributed by atoms with E-state index in [-0.39, 0.29) is 11.2 Å². The van der Waals surface area contributed by atoms with Crippen molar-refractivity contribution in [3.05, 3.63) is 45.1 Å². The van der Waals surface area contributed by atoms with E-state index in [1.807, 2.05) is 12.1 Å². The van der Waals surface area contributed by atoms with E-state index < -0.39 is 0 Å². The minimum Gasteiger partial charge on any atom is -0.292 e. The molecule has 1 aromatic carbocycles. The summed E-state index contributed by atoms with van der Waals surface area (Å²) in [6.45, 7) is 5.45. The zero-order valence-electron chi connectivity index (χ0n) is 13.4. The van der Waals surface area contributed by atoms with E-state index in [0.29, 0.717) is 24.0 Å². The second-order valence-corrected chi connectivity index (χ2v) is 5.77.